The first-order chi connectivity index (χ1) is 18.9. The van der Waals surface area contributed by atoms with Crippen molar-refractivity contribution in [2.24, 2.45) is 0 Å². The number of benzene rings is 6. The fourth-order valence-electron chi connectivity index (χ4n) is 6.76. The van der Waals surface area contributed by atoms with Crippen LogP contribution >= 0.6 is 0 Å². The highest BCUT2D eigenvalue weighted by molar-refractivity contribution is 5.98. The fraction of sp³-hybridized carbons (Fsp3) is 0.0526. The van der Waals surface area contributed by atoms with Crippen LogP contribution in [-0.4, -0.2) is 0 Å². The molecule has 0 aromatic heterocycles. The van der Waals surface area contributed by atoms with Gasteiger partial charge in [-0.3, -0.25) is 0 Å². The smallest absolute Gasteiger partial charge is 0.000100 e. The van der Waals surface area contributed by atoms with Gasteiger partial charge in [0.25, 0.3) is 0 Å². The third kappa shape index (κ3) is 3.17. The molecule has 0 unspecified atom stereocenters. The molecule has 0 saturated heterocycles. The zero-order chi connectivity index (χ0) is 25.1. The molecule has 0 aliphatic heterocycles. The zero-order valence-corrected chi connectivity index (χ0v) is 21.1. The average Bonchev–Trinajstić information content (AvgIpc) is 3.55. The SMILES string of the molecule is c1ccc(-c2cccc3c2Cc2c-3cc3c(c2-c2ccccc2)Cc2c(-c4ccccc4)cccc2-3)cc1. The first-order valence-corrected chi connectivity index (χ1v) is 13.5. The van der Waals surface area contributed by atoms with Crippen molar-refractivity contribution >= 4 is 0 Å². The molecule has 2 aliphatic rings. The van der Waals surface area contributed by atoms with Crippen LogP contribution in [0.15, 0.2) is 133 Å². The lowest BCUT2D eigenvalue weighted by Crippen LogP contribution is -1.96. The maximum Gasteiger partial charge on any atom is -0.000100 e. The van der Waals surface area contributed by atoms with Gasteiger partial charge in [-0.05, 0) is 96.8 Å². The predicted octanol–water partition coefficient (Wildman–Crippen LogP) is 9.83. The van der Waals surface area contributed by atoms with Crippen LogP contribution in [0.5, 0.6) is 0 Å². The summed E-state index contributed by atoms with van der Waals surface area (Å²) in [6, 6.07) is 48.9. The van der Waals surface area contributed by atoms with Gasteiger partial charge in [-0.25, -0.2) is 0 Å². The van der Waals surface area contributed by atoms with Crippen molar-refractivity contribution < 1.29 is 0 Å². The Morgan fingerprint density at radius 3 is 1.13 bits per heavy atom. The molecule has 6 aromatic carbocycles. The van der Waals surface area contributed by atoms with Crippen LogP contribution in [0.25, 0.3) is 55.6 Å². The molecule has 0 N–H and O–H groups in total. The summed E-state index contributed by atoms with van der Waals surface area (Å²) in [6.07, 6.45) is 1.93. The topological polar surface area (TPSA) is 0 Å². The second kappa shape index (κ2) is 8.43. The normalized spacial score (nSPS) is 12.5. The van der Waals surface area contributed by atoms with Gasteiger partial charge in [-0.15, -0.1) is 0 Å². The van der Waals surface area contributed by atoms with Gasteiger partial charge in [-0.2, -0.15) is 0 Å². The number of fused-ring (bicyclic) bond motifs is 6. The van der Waals surface area contributed by atoms with Crippen molar-refractivity contribution in [3.8, 4) is 55.6 Å². The molecule has 0 spiro atoms. The van der Waals surface area contributed by atoms with Crippen molar-refractivity contribution in [1.82, 2.24) is 0 Å². The second-order valence-electron chi connectivity index (χ2n) is 10.4. The van der Waals surface area contributed by atoms with Crippen LogP contribution in [0, 0.1) is 0 Å². The molecule has 8 rings (SSSR count). The van der Waals surface area contributed by atoms with E-state index < -0.39 is 0 Å². The van der Waals surface area contributed by atoms with E-state index in [2.05, 4.69) is 133 Å². The van der Waals surface area contributed by atoms with Gasteiger partial charge in [0.05, 0.1) is 0 Å². The molecule has 0 amide bonds. The monoisotopic (exact) mass is 482 g/mol. The minimum Gasteiger partial charge on any atom is -0.0622 e. The highest BCUT2D eigenvalue weighted by Gasteiger charge is 2.32. The lowest BCUT2D eigenvalue weighted by molar-refractivity contribution is 1.22. The van der Waals surface area contributed by atoms with Gasteiger partial charge in [0, 0.05) is 0 Å². The maximum absolute atomic E-state index is 2.50. The summed E-state index contributed by atoms with van der Waals surface area (Å²) in [7, 11) is 0. The van der Waals surface area contributed by atoms with Crippen LogP contribution in [-0.2, 0) is 12.8 Å². The molecule has 2 aliphatic carbocycles. The minimum absolute atomic E-state index is 0.967. The van der Waals surface area contributed by atoms with Gasteiger partial charge >= 0.3 is 0 Å². The Balaban J connectivity index is 1.39. The zero-order valence-electron chi connectivity index (χ0n) is 21.1. The third-order valence-corrected chi connectivity index (χ3v) is 8.41. The molecule has 0 bridgehead atoms. The summed E-state index contributed by atoms with van der Waals surface area (Å²) in [4.78, 5) is 0. The lowest BCUT2D eigenvalue weighted by Gasteiger charge is -2.16. The fourth-order valence-corrected chi connectivity index (χ4v) is 6.76. The molecule has 0 heteroatoms. The summed E-state index contributed by atoms with van der Waals surface area (Å²) in [5, 5.41) is 0. The second-order valence-corrected chi connectivity index (χ2v) is 10.4. The van der Waals surface area contributed by atoms with Gasteiger partial charge in [0.15, 0.2) is 0 Å². The largest absolute Gasteiger partial charge is 0.0622 e. The Morgan fingerprint density at radius 2 is 0.684 bits per heavy atom. The molecule has 0 saturated carbocycles. The van der Waals surface area contributed by atoms with Crippen LogP contribution in [0.2, 0.25) is 0 Å². The molecular weight excluding hydrogens is 456 g/mol. The number of rotatable bonds is 3. The molecule has 6 aromatic rings. The van der Waals surface area contributed by atoms with E-state index in [1.165, 1.54) is 77.9 Å². The average molecular weight is 483 g/mol. The molecule has 0 atom stereocenters. The van der Waals surface area contributed by atoms with Crippen LogP contribution in [0.4, 0.5) is 0 Å². The summed E-state index contributed by atoms with van der Waals surface area (Å²) in [5.41, 5.74) is 19.5. The van der Waals surface area contributed by atoms with Crippen LogP contribution in [0.3, 0.4) is 0 Å². The van der Waals surface area contributed by atoms with Crippen molar-refractivity contribution in [3.63, 3.8) is 0 Å². The van der Waals surface area contributed by atoms with Gasteiger partial charge in [-0.1, -0.05) is 127 Å². The van der Waals surface area contributed by atoms with E-state index in [9.17, 15) is 0 Å². The molecule has 178 valence electrons. The van der Waals surface area contributed by atoms with Crippen LogP contribution < -0.4 is 0 Å². The molecule has 0 radical (unpaired) electrons. The Labute approximate surface area is 223 Å². The van der Waals surface area contributed by atoms with Gasteiger partial charge in [0.2, 0.25) is 0 Å². The summed E-state index contributed by atoms with van der Waals surface area (Å²) < 4.78 is 0. The summed E-state index contributed by atoms with van der Waals surface area (Å²) in [5.74, 6) is 0. The predicted molar refractivity (Wildman–Crippen MR) is 159 cm³/mol. The molecule has 0 fully saturated rings. The van der Waals surface area contributed by atoms with Crippen molar-refractivity contribution in [2.45, 2.75) is 12.8 Å². The highest BCUT2D eigenvalue weighted by Crippen LogP contribution is 2.53. The Morgan fingerprint density at radius 1 is 0.289 bits per heavy atom. The van der Waals surface area contributed by atoms with Crippen molar-refractivity contribution in [2.75, 3.05) is 0 Å². The van der Waals surface area contributed by atoms with Gasteiger partial charge < -0.3 is 0 Å². The van der Waals surface area contributed by atoms with E-state index in [1.807, 2.05) is 0 Å². The molecule has 38 heavy (non-hydrogen) atoms. The first-order valence-electron chi connectivity index (χ1n) is 13.5. The van der Waals surface area contributed by atoms with E-state index in [4.69, 9.17) is 0 Å². The standard InChI is InChI=1S/C38H26/c1-4-12-25(13-5-1)28-18-10-20-30-32(28)23-36-34(30)22-35-31-21-11-19-29(26-14-6-2-7-15-26)33(31)24-37(35)38(36)27-16-8-3-9-17-27/h1-22H,23-24H2. The third-order valence-electron chi connectivity index (χ3n) is 8.41. The number of hydrogen-bond acceptors (Lipinski definition) is 0. The van der Waals surface area contributed by atoms with E-state index >= 15 is 0 Å². The lowest BCUT2D eigenvalue weighted by atomic mass is 9.88. The van der Waals surface area contributed by atoms with Crippen molar-refractivity contribution in [3.05, 3.63) is 156 Å². The van der Waals surface area contributed by atoms with E-state index in [-0.39, 0.29) is 0 Å². The minimum atomic E-state index is 0.967. The molecule has 0 nitrogen and oxygen atoms in total. The number of hydrogen-bond donors (Lipinski definition) is 0. The molecule has 0 heterocycles. The maximum atomic E-state index is 2.50. The summed E-state index contributed by atoms with van der Waals surface area (Å²) in [6.45, 7) is 0. The first kappa shape index (κ1) is 21.4. The van der Waals surface area contributed by atoms with E-state index in [0.717, 1.165) is 12.8 Å². The Hall–Kier alpha value is -4.68. The molecular formula is C38H26. The quantitative estimate of drug-likeness (QED) is 0.235. The van der Waals surface area contributed by atoms with Crippen molar-refractivity contribution in [1.29, 1.82) is 0 Å². The summed E-state index contributed by atoms with van der Waals surface area (Å²) >= 11 is 0. The van der Waals surface area contributed by atoms with E-state index in [0.29, 0.717) is 0 Å². The highest BCUT2D eigenvalue weighted by atomic mass is 14.3. The Bertz CT molecular complexity index is 1710. The Kier molecular flexibility index (Phi) is 4.75. The van der Waals surface area contributed by atoms with Gasteiger partial charge in [0.1, 0.15) is 0 Å². The van der Waals surface area contributed by atoms with E-state index in [1.54, 1.807) is 0 Å². The van der Waals surface area contributed by atoms with Crippen LogP contribution in [0.1, 0.15) is 22.3 Å².